The Morgan fingerprint density at radius 3 is 2.52 bits per heavy atom. The Labute approximate surface area is 164 Å². The van der Waals surface area contributed by atoms with Crippen LogP contribution in [0.1, 0.15) is 78.6 Å². The van der Waals surface area contributed by atoms with Crippen molar-refractivity contribution >= 4 is 0 Å². The van der Waals surface area contributed by atoms with Gasteiger partial charge in [0.15, 0.2) is 5.79 Å². The van der Waals surface area contributed by atoms with Gasteiger partial charge in [-0.3, -0.25) is 0 Å². The Hall–Kier alpha value is -0.380. The zero-order chi connectivity index (χ0) is 18.9. The lowest BCUT2D eigenvalue weighted by atomic mass is 9.47. The molecule has 0 radical (unpaired) electrons. The van der Waals surface area contributed by atoms with Gasteiger partial charge in [0.2, 0.25) is 0 Å². The molecule has 0 aromatic heterocycles. The molecule has 3 saturated carbocycles. The van der Waals surface area contributed by atoms with Gasteiger partial charge in [-0.1, -0.05) is 25.5 Å². The molecule has 1 heterocycles. The molecule has 0 aromatic carbocycles. The monoisotopic (exact) mass is 374 g/mol. The third-order valence-electron chi connectivity index (χ3n) is 9.78. The first-order chi connectivity index (χ1) is 12.9. The molecule has 0 aromatic rings. The van der Waals surface area contributed by atoms with Crippen LogP contribution in [0.2, 0.25) is 0 Å². The molecule has 0 bridgehead atoms. The second-order valence-corrected chi connectivity index (χ2v) is 10.9. The minimum atomic E-state index is -0.372. The molecule has 0 amide bonds. The van der Waals surface area contributed by atoms with Crippen molar-refractivity contribution in [3.05, 3.63) is 11.6 Å². The average molecular weight is 375 g/mol. The van der Waals surface area contributed by atoms with E-state index >= 15 is 0 Å². The van der Waals surface area contributed by atoms with E-state index in [0.29, 0.717) is 16.7 Å². The van der Waals surface area contributed by atoms with Gasteiger partial charge in [0.05, 0.1) is 19.3 Å². The van der Waals surface area contributed by atoms with E-state index in [0.717, 1.165) is 50.2 Å². The van der Waals surface area contributed by atoms with E-state index in [4.69, 9.17) is 9.47 Å². The third-order valence-corrected chi connectivity index (χ3v) is 9.78. The first-order valence-corrected chi connectivity index (χ1v) is 11.5. The van der Waals surface area contributed by atoms with Crippen LogP contribution in [0.3, 0.4) is 0 Å². The summed E-state index contributed by atoms with van der Waals surface area (Å²) in [5, 5.41) is 10.2. The number of aliphatic hydroxyl groups is 1. The Morgan fingerprint density at radius 2 is 1.74 bits per heavy atom. The van der Waals surface area contributed by atoms with Gasteiger partial charge in [0.1, 0.15) is 0 Å². The predicted molar refractivity (Wildman–Crippen MR) is 106 cm³/mol. The molecule has 5 rings (SSSR count). The average Bonchev–Trinajstić information content (AvgIpc) is 3.01. The number of allylic oxidation sites excluding steroid dienone is 1. The summed E-state index contributed by atoms with van der Waals surface area (Å²) in [6, 6.07) is 0. The molecule has 27 heavy (non-hydrogen) atoms. The summed E-state index contributed by atoms with van der Waals surface area (Å²) in [5.41, 5.74) is 2.26. The fraction of sp³-hybridized carbons (Fsp3) is 0.917. The van der Waals surface area contributed by atoms with Crippen LogP contribution >= 0.6 is 0 Å². The Kier molecular flexibility index (Phi) is 4.35. The maximum Gasteiger partial charge on any atom is 0.168 e. The number of fused-ring (bicyclic) bond motifs is 5. The fourth-order valence-electron chi connectivity index (χ4n) is 8.35. The lowest BCUT2D eigenvalue weighted by molar-refractivity contribution is -0.300. The Balaban J connectivity index is 1.43. The minimum Gasteiger partial charge on any atom is -0.393 e. The highest BCUT2D eigenvalue weighted by molar-refractivity contribution is 5.25. The third kappa shape index (κ3) is 2.64. The SMILES string of the molecule is CC1([C@H]2CC[C@H]3[C@@H]4CC=C5C[C@@H](O)CC[C@]5(C)[C@H]4CC[C@]23C)OCCCO1. The van der Waals surface area contributed by atoms with Crippen LogP contribution in [-0.4, -0.2) is 30.2 Å². The van der Waals surface area contributed by atoms with Crippen molar-refractivity contribution in [2.45, 2.75) is 90.4 Å². The van der Waals surface area contributed by atoms with Crippen molar-refractivity contribution in [3.8, 4) is 0 Å². The highest BCUT2D eigenvalue weighted by Crippen LogP contribution is 2.67. The van der Waals surface area contributed by atoms with Crippen molar-refractivity contribution in [1.29, 1.82) is 0 Å². The van der Waals surface area contributed by atoms with Gasteiger partial charge < -0.3 is 14.6 Å². The van der Waals surface area contributed by atoms with Gasteiger partial charge in [-0.25, -0.2) is 0 Å². The van der Waals surface area contributed by atoms with Crippen LogP contribution in [-0.2, 0) is 9.47 Å². The smallest absolute Gasteiger partial charge is 0.168 e. The van der Waals surface area contributed by atoms with Gasteiger partial charge in [-0.05, 0) is 93.3 Å². The van der Waals surface area contributed by atoms with E-state index in [9.17, 15) is 5.11 Å². The molecular weight excluding hydrogens is 336 g/mol. The maximum absolute atomic E-state index is 10.2. The van der Waals surface area contributed by atoms with Gasteiger partial charge >= 0.3 is 0 Å². The second-order valence-electron chi connectivity index (χ2n) is 10.9. The molecule has 7 atom stereocenters. The van der Waals surface area contributed by atoms with Crippen molar-refractivity contribution in [2.75, 3.05) is 13.2 Å². The van der Waals surface area contributed by atoms with E-state index in [-0.39, 0.29) is 11.9 Å². The van der Waals surface area contributed by atoms with Crippen LogP contribution in [0.25, 0.3) is 0 Å². The van der Waals surface area contributed by atoms with Crippen molar-refractivity contribution in [3.63, 3.8) is 0 Å². The number of aliphatic hydroxyl groups excluding tert-OH is 1. The number of rotatable bonds is 1. The van der Waals surface area contributed by atoms with Crippen LogP contribution in [0.15, 0.2) is 11.6 Å². The molecular formula is C24H38O3. The minimum absolute atomic E-state index is 0.105. The normalized spacial score (nSPS) is 51.7. The molecule has 4 fully saturated rings. The summed E-state index contributed by atoms with van der Waals surface area (Å²) >= 11 is 0. The summed E-state index contributed by atoms with van der Waals surface area (Å²) in [5.74, 6) is 2.58. The van der Waals surface area contributed by atoms with E-state index in [2.05, 4.69) is 26.8 Å². The number of ether oxygens (including phenoxy) is 2. The van der Waals surface area contributed by atoms with Crippen LogP contribution < -0.4 is 0 Å². The van der Waals surface area contributed by atoms with Crippen LogP contribution in [0.4, 0.5) is 0 Å². The molecule has 1 saturated heterocycles. The standard InChI is InChI=1S/C24H38O3/c1-22-11-9-17(25)15-16(22)5-6-18-19-7-8-21(23(19,2)12-10-20(18)22)24(3)26-13-4-14-27-24/h5,17-21,25H,4,6-15H2,1-3H3/t17-,18-,19-,20-,21-,22-,23-/m0/s1. The molecule has 152 valence electrons. The molecule has 1 aliphatic heterocycles. The summed E-state index contributed by atoms with van der Waals surface area (Å²) in [6.07, 6.45) is 13.0. The Bertz CT molecular complexity index is 621. The predicted octanol–water partition coefficient (Wildman–Crippen LogP) is 5.08. The van der Waals surface area contributed by atoms with Gasteiger partial charge in [0, 0.05) is 5.92 Å². The second kappa shape index (κ2) is 6.31. The van der Waals surface area contributed by atoms with Crippen molar-refractivity contribution in [1.82, 2.24) is 0 Å². The molecule has 0 unspecified atom stereocenters. The van der Waals surface area contributed by atoms with Crippen molar-refractivity contribution in [2.24, 2.45) is 34.5 Å². The molecule has 3 heteroatoms. The topological polar surface area (TPSA) is 38.7 Å². The lowest BCUT2D eigenvalue weighted by Crippen LogP contribution is -2.55. The van der Waals surface area contributed by atoms with Gasteiger partial charge in [0.25, 0.3) is 0 Å². The number of hydrogen-bond donors (Lipinski definition) is 1. The van der Waals surface area contributed by atoms with E-state index in [1.807, 2.05) is 0 Å². The molecule has 1 N–H and O–H groups in total. The van der Waals surface area contributed by atoms with Gasteiger partial charge in [-0.2, -0.15) is 0 Å². The highest BCUT2D eigenvalue weighted by Gasteiger charge is 2.62. The zero-order valence-electron chi connectivity index (χ0n) is 17.5. The van der Waals surface area contributed by atoms with Gasteiger partial charge in [-0.15, -0.1) is 0 Å². The van der Waals surface area contributed by atoms with E-state index in [1.54, 1.807) is 5.57 Å². The van der Waals surface area contributed by atoms with Crippen LogP contribution in [0.5, 0.6) is 0 Å². The summed E-state index contributed by atoms with van der Waals surface area (Å²) in [4.78, 5) is 0. The number of hydrogen-bond acceptors (Lipinski definition) is 3. The molecule has 5 aliphatic rings. The largest absolute Gasteiger partial charge is 0.393 e. The molecule has 0 spiro atoms. The maximum atomic E-state index is 10.2. The summed E-state index contributed by atoms with van der Waals surface area (Å²) < 4.78 is 12.5. The van der Waals surface area contributed by atoms with Crippen molar-refractivity contribution < 1.29 is 14.6 Å². The molecule has 3 nitrogen and oxygen atoms in total. The lowest BCUT2D eigenvalue weighted by Gasteiger charge is -2.59. The Morgan fingerprint density at radius 1 is 0.963 bits per heavy atom. The summed E-state index contributed by atoms with van der Waals surface area (Å²) in [6.45, 7) is 9.01. The van der Waals surface area contributed by atoms with Crippen LogP contribution in [0, 0.1) is 34.5 Å². The first kappa shape index (κ1) is 18.6. The fourth-order valence-corrected chi connectivity index (χ4v) is 8.35. The first-order valence-electron chi connectivity index (χ1n) is 11.5. The van der Waals surface area contributed by atoms with E-state index < -0.39 is 0 Å². The van der Waals surface area contributed by atoms with E-state index in [1.165, 1.54) is 38.5 Å². The highest BCUT2D eigenvalue weighted by atomic mass is 16.7. The summed E-state index contributed by atoms with van der Waals surface area (Å²) in [7, 11) is 0. The zero-order valence-corrected chi connectivity index (χ0v) is 17.5. The quantitative estimate of drug-likeness (QED) is 0.651. The molecule has 4 aliphatic carbocycles.